The number of fused-ring (bicyclic) bond motifs is 1. The van der Waals surface area contributed by atoms with Gasteiger partial charge in [0.25, 0.3) is 11.8 Å². The maximum absolute atomic E-state index is 13.3. The molecule has 3 amide bonds. The second kappa shape index (κ2) is 11.8. The number of Topliss-reactive ketones (excluding diaryl/α,β-unsaturated/α-hetero) is 2. The molecule has 1 aliphatic carbocycles. The second-order valence-electron chi connectivity index (χ2n) is 11.1. The van der Waals surface area contributed by atoms with Gasteiger partial charge in [0.2, 0.25) is 5.91 Å². The van der Waals surface area contributed by atoms with E-state index in [0.29, 0.717) is 17.8 Å². The molecule has 0 spiro atoms. The van der Waals surface area contributed by atoms with E-state index >= 15 is 0 Å². The Kier molecular flexibility index (Phi) is 7.73. The predicted molar refractivity (Wildman–Crippen MR) is 159 cm³/mol. The Labute approximate surface area is 248 Å². The molecule has 3 aromatic rings. The summed E-state index contributed by atoms with van der Waals surface area (Å²) in [5.74, 6) is -1.17. The number of ketones is 2. The number of nitrogens with zero attached hydrogens (tertiary/aromatic N) is 4. The van der Waals surface area contributed by atoms with Crippen LogP contribution in [0.15, 0.2) is 60.8 Å². The number of aromatic nitrogens is 1. The summed E-state index contributed by atoms with van der Waals surface area (Å²) in [7, 11) is 0. The van der Waals surface area contributed by atoms with Gasteiger partial charge in [-0.1, -0.05) is 30.3 Å². The summed E-state index contributed by atoms with van der Waals surface area (Å²) in [6, 6.07) is 16.0. The Morgan fingerprint density at radius 3 is 2.33 bits per heavy atom. The minimum atomic E-state index is -0.889. The van der Waals surface area contributed by atoms with E-state index in [0.717, 1.165) is 49.0 Å². The van der Waals surface area contributed by atoms with Crippen molar-refractivity contribution in [2.45, 2.75) is 38.4 Å². The molecule has 1 saturated carbocycles. The van der Waals surface area contributed by atoms with Gasteiger partial charge in [0.05, 0.1) is 29.2 Å². The maximum Gasteiger partial charge on any atom is 0.264 e. The summed E-state index contributed by atoms with van der Waals surface area (Å²) in [5.41, 5.74) is 9.00. The Bertz CT molecular complexity index is 1600. The van der Waals surface area contributed by atoms with Crippen molar-refractivity contribution in [3.8, 4) is 0 Å². The first kappa shape index (κ1) is 28.2. The average Bonchev–Trinajstić information content (AvgIpc) is 3.27. The van der Waals surface area contributed by atoms with Gasteiger partial charge in [0, 0.05) is 57.6 Å². The third-order valence-corrected chi connectivity index (χ3v) is 8.34. The number of hydrogen-bond donors (Lipinski definition) is 2. The molecule has 11 heteroatoms. The maximum atomic E-state index is 13.3. The van der Waals surface area contributed by atoms with E-state index in [2.05, 4.69) is 32.2 Å². The second-order valence-corrected chi connectivity index (χ2v) is 11.1. The molecule has 1 saturated heterocycles. The van der Waals surface area contributed by atoms with E-state index in [-0.39, 0.29) is 42.0 Å². The highest BCUT2D eigenvalue weighted by Gasteiger charge is 2.45. The van der Waals surface area contributed by atoms with Crippen LogP contribution in [-0.2, 0) is 22.7 Å². The Morgan fingerprint density at radius 2 is 1.65 bits per heavy atom. The van der Waals surface area contributed by atoms with Gasteiger partial charge >= 0.3 is 0 Å². The van der Waals surface area contributed by atoms with Gasteiger partial charge in [-0.15, -0.1) is 0 Å². The van der Waals surface area contributed by atoms with Crippen LogP contribution in [0.1, 0.15) is 61.5 Å². The van der Waals surface area contributed by atoms with Gasteiger partial charge in [-0.2, -0.15) is 0 Å². The summed E-state index contributed by atoms with van der Waals surface area (Å²) >= 11 is 0. The highest BCUT2D eigenvalue weighted by molar-refractivity contribution is 6.25. The third-order valence-electron chi connectivity index (χ3n) is 8.34. The minimum absolute atomic E-state index is 0.156. The summed E-state index contributed by atoms with van der Waals surface area (Å²) in [5, 5.41) is 3.30. The van der Waals surface area contributed by atoms with Crippen molar-refractivity contribution in [2.24, 2.45) is 5.73 Å². The lowest BCUT2D eigenvalue weighted by molar-refractivity contribution is -0.132. The van der Waals surface area contributed by atoms with E-state index in [1.807, 2.05) is 18.2 Å². The Morgan fingerprint density at radius 1 is 0.907 bits per heavy atom. The van der Waals surface area contributed by atoms with E-state index in [1.54, 1.807) is 24.3 Å². The van der Waals surface area contributed by atoms with Crippen LogP contribution in [0.2, 0.25) is 0 Å². The molecule has 6 rings (SSSR count). The highest BCUT2D eigenvalue weighted by atomic mass is 16.2. The van der Waals surface area contributed by atoms with Crippen molar-refractivity contribution in [3.63, 3.8) is 0 Å². The number of carbonyl (C=O) groups is 5. The molecule has 43 heavy (non-hydrogen) atoms. The summed E-state index contributed by atoms with van der Waals surface area (Å²) in [6.07, 6.45) is 1.65. The quantitative estimate of drug-likeness (QED) is 0.303. The number of pyridine rings is 1. The monoisotopic (exact) mass is 580 g/mol. The first-order chi connectivity index (χ1) is 20.8. The Hall–Kier alpha value is -4.90. The van der Waals surface area contributed by atoms with E-state index in [9.17, 15) is 24.0 Å². The molecule has 1 atom stereocenters. The van der Waals surface area contributed by atoms with E-state index < -0.39 is 23.8 Å². The predicted octanol–water partition coefficient (Wildman–Crippen LogP) is 2.40. The molecule has 3 N–H and O–H groups in total. The van der Waals surface area contributed by atoms with Gasteiger partial charge in [-0.25, -0.2) is 4.98 Å². The normalized spacial score (nSPS) is 19.1. The van der Waals surface area contributed by atoms with Gasteiger partial charge < -0.3 is 16.0 Å². The molecule has 0 bridgehead atoms. The lowest BCUT2D eigenvalue weighted by Gasteiger charge is -2.35. The van der Waals surface area contributed by atoms with Crippen molar-refractivity contribution in [1.82, 2.24) is 14.8 Å². The van der Waals surface area contributed by atoms with Gasteiger partial charge in [0.1, 0.15) is 11.6 Å². The van der Waals surface area contributed by atoms with Crippen LogP contribution in [0.3, 0.4) is 0 Å². The molecule has 2 aromatic carbocycles. The first-order valence-electron chi connectivity index (χ1n) is 14.4. The molecule has 3 heterocycles. The molecule has 2 fully saturated rings. The van der Waals surface area contributed by atoms with Crippen LogP contribution >= 0.6 is 0 Å². The van der Waals surface area contributed by atoms with Crippen LogP contribution in [0, 0.1) is 0 Å². The topological polar surface area (TPSA) is 146 Å². The lowest BCUT2D eigenvalue weighted by atomic mass is 9.92. The van der Waals surface area contributed by atoms with Crippen LogP contribution in [0.4, 0.5) is 11.5 Å². The molecule has 1 unspecified atom stereocenters. The smallest absolute Gasteiger partial charge is 0.264 e. The zero-order chi connectivity index (χ0) is 30.1. The molecule has 3 aliphatic rings. The number of imide groups is 1. The number of piperazine rings is 1. The number of amides is 3. The van der Waals surface area contributed by atoms with Crippen LogP contribution < -0.4 is 16.0 Å². The van der Waals surface area contributed by atoms with E-state index in [1.165, 1.54) is 11.8 Å². The number of primary amides is 1. The Balaban J connectivity index is 1.04. The first-order valence-corrected chi connectivity index (χ1v) is 14.4. The summed E-state index contributed by atoms with van der Waals surface area (Å²) < 4.78 is 0. The van der Waals surface area contributed by atoms with Crippen LogP contribution in [-0.4, -0.2) is 76.3 Å². The van der Waals surface area contributed by atoms with Crippen molar-refractivity contribution >= 4 is 40.8 Å². The summed E-state index contributed by atoms with van der Waals surface area (Å²) in [4.78, 5) is 71.9. The SMILES string of the molecule is NC(=O)c1ccc(N2CCN(Cc3ccc(CNc4cccc5c4C(=O)N(C4CCC(=O)CC4=O)C5=O)cc3)CC2)nc1. The number of carbonyl (C=O) groups excluding carboxylic acids is 5. The van der Waals surface area contributed by atoms with Gasteiger partial charge in [-0.05, 0) is 41.8 Å². The number of anilines is 2. The number of nitrogens with one attached hydrogen (secondary N) is 1. The number of benzene rings is 2. The molecular formula is C32H32N6O5. The molecule has 2 aliphatic heterocycles. The highest BCUT2D eigenvalue weighted by Crippen LogP contribution is 2.33. The fraction of sp³-hybridized carbons (Fsp3) is 0.312. The molecule has 220 valence electrons. The standard InChI is InChI=1S/C32H32N6O5/c33-30(41)22-8-11-28(35-18-22)37-14-12-36(13-15-37)19-21-6-4-20(5-7-21)17-34-25-3-1-2-24-29(25)32(43)38(31(24)42)26-10-9-23(39)16-27(26)40/h1-8,11,18,26,34H,9-10,12-17,19H2,(H2,33,41). The fourth-order valence-corrected chi connectivity index (χ4v) is 5.94. The molecule has 11 nitrogen and oxygen atoms in total. The van der Waals surface area contributed by atoms with Crippen LogP contribution in [0.25, 0.3) is 0 Å². The van der Waals surface area contributed by atoms with Crippen molar-refractivity contribution in [3.05, 3.63) is 88.6 Å². The van der Waals surface area contributed by atoms with Gasteiger partial charge in [0.15, 0.2) is 5.78 Å². The molecule has 1 aromatic heterocycles. The number of rotatable bonds is 8. The largest absolute Gasteiger partial charge is 0.380 e. The van der Waals surface area contributed by atoms with Crippen LogP contribution in [0.5, 0.6) is 0 Å². The zero-order valence-electron chi connectivity index (χ0n) is 23.6. The molecular weight excluding hydrogens is 548 g/mol. The number of hydrogen-bond acceptors (Lipinski definition) is 9. The third kappa shape index (κ3) is 5.76. The average molecular weight is 581 g/mol. The number of nitrogens with two attached hydrogens (primary N) is 1. The molecule has 0 radical (unpaired) electrons. The van der Waals surface area contributed by atoms with Crippen molar-refractivity contribution in [2.75, 3.05) is 36.4 Å². The zero-order valence-corrected chi connectivity index (χ0v) is 23.6. The summed E-state index contributed by atoms with van der Waals surface area (Å²) in [6.45, 7) is 4.70. The minimum Gasteiger partial charge on any atom is -0.380 e. The van der Waals surface area contributed by atoms with Gasteiger partial charge in [-0.3, -0.25) is 33.8 Å². The lowest BCUT2D eigenvalue weighted by Crippen LogP contribution is -2.47. The van der Waals surface area contributed by atoms with E-state index in [4.69, 9.17) is 5.73 Å². The fourth-order valence-electron chi connectivity index (χ4n) is 5.94. The van der Waals surface area contributed by atoms with Crippen molar-refractivity contribution in [1.29, 1.82) is 0 Å². The van der Waals surface area contributed by atoms with Crippen molar-refractivity contribution < 1.29 is 24.0 Å².